The maximum Gasteiger partial charge on any atom is 0.167 e. The third-order valence-electron chi connectivity index (χ3n) is 16.7. The van der Waals surface area contributed by atoms with Gasteiger partial charge in [-0.15, -0.1) is 11.6 Å². The van der Waals surface area contributed by atoms with Crippen LogP contribution in [0.25, 0.3) is 68.3 Å². The summed E-state index contributed by atoms with van der Waals surface area (Å²) in [5.41, 5.74) is 21.4. The maximum absolute atomic E-state index is 11.2. The molecule has 5 N–H and O–H groups in total. The van der Waals surface area contributed by atoms with E-state index in [9.17, 15) is 25.5 Å². The number of alkyl halides is 1. The molecule has 0 aliphatic rings. The van der Waals surface area contributed by atoms with Gasteiger partial charge >= 0.3 is 0 Å². The number of phenols is 5. The number of ether oxygens (including phenoxy) is 1. The molecule has 460 valence electrons. The summed E-state index contributed by atoms with van der Waals surface area (Å²) >= 11 is 5.86. The Bertz CT molecular complexity index is 4170. The zero-order chi connectivity index (χ0) is 65.1. The molecule has 0 radical (unpaired) electrons. The number of hydrogen-bond acceptors (Lipinski definition) is 12. The maximum atomic E-state index is 11.2. The number of aromatic nitrogens is 6. The number of phenolic OH excluding ortho intramolecular Hbond substituents is 5. The van der Waals surface area contributed by atoms with Crippen molar-refractivity contribution in [3.8, 4) is 103 Å². The summed E-state index contributed by atoms with van der Waals surface area (Å²) in [5, 5.41) is 52.2. The number of hydrogen-bond donors (Lipinski definition) is 5. The van der Waals surface area contributed by atoms with E-state index in [0.717, 1.165) is 89.0 Å². The molecule has 0 amide bonds. The Morgan fingerprint density at radius 2 is 0.674 bits per heavy atom. The highest BCUT2D eigenvalue weighted by atomic mass is 35.5. The van der Waals surface area contributed by atoms with Gasteiger partial charge in [-0.2, -0.15) is 0 Å². The van der Waals surface area contributed by atoms with Crippen molar-refractivity contribution < 1.29 is 30.3 Å². The van der Waals surface area contributed by atoms with E-state index in [2.05, 4.69) is 143 Å². The van der Waals surface area contributed by atoms with Gasteiger partial charge in [0.2, 0.25) is 0 Å². The lowest BCUT2D eigenvalue weighted by Gasteiger charge is -2.24. The third-order valence-corrected chi connectivity index (χ3v) is 17.0. The van der Waals surface area contributed by atoms with Crippen molar-refractivity contribution in [1.29, 1.82) is 0 Å². The minimum absolute atomic E-state index is 0.00476. The Morgan fingerprint density at radius 3 is 1.00 bits per heavy atom. The quantitative estimate of drug-likeness (QED) is 0.0817. The van der Waals surface area contributed by atoms with Crippen LogP contribution in [0.5, 0.6) is 34.5 Å². The predicted molar refractivity (Wildman–Crippen MR) is 362 cm³/mol. The first-order valence-electron chi connectivity index (χ1n) is 29.9. The molecule has 0 aliphatic heterocycles. The fourth-order valence-corrected chi connectivity index (χ4v) is 10.7. The number of halogens is 1. The lowest BCUT2D eigenvalue weighted by Crippen LogP contribution is -2.14. The van der Waals surface area contributed by atoms with Crippen LogP contribution in [0, 0.1) is 83.1 Å². The van der Waals surface area contributed by atoms with Gasteiger partial charge < -0.3 is 30.3 Å². The summed E-state index contributed by atoms with van der Waals surface area (Å²) < 4.78 is 6.12. The molecule has 0 unspecified atom stereocenters. The van der Waals surface area contributed by atoms with Crippen molar-refractivity contribution in [3.63, 3.8) is 0 Å². The number of benzene rings is 8. The molecule has 13 heteroatoms. The summed E-state index contributed by atoms with van der Waals surface area (Å²) in [7, 11) is 0. The SMILES string of the molecule is Cc1cc(C(C)(C)C)c(O)c(C)c1CCl.Cc1ccc(-c2nc(-c3ccc(C)c(C)c3)nc(-c3ccc(O)cc3O)n2)cc1C.Cc1ccc(-c2nc(-c3ccc(C)c(C)c3)nc(-c3ccc(OCc4c(C)cc(C(C)(C)C)c(O)c4C)cc3O)n2)cc1C. The molecule has 0 aliphatic carbocycles. The van der Waals surface area contributed by atoms with E-state index in [-0.39, 0.29) is 34.7 Å². The van der Waals surface area contributed by atoms with Crippen molar-refractivity contribution in [3.05, 3.63) is 210 Å². The molecular weight excluding hydrogens is 1130 g/mol. The number of rotatable bonds is 10. The molecule has 0 bridgehead atoms. The van der Waals surface area contributed by atoms with Crippen LogP contribution in [0.1, 0.15) is 131 Å². The Morgan fingerprint density at radius 1 is 0.348 bits per heavy atom. The summed E-state index contributed by atoms with van der Waals surface area (Å²) in [5.74, 6) is 4.41. The zero-order valence-electron chi connectivity index (χ0n) is 54.7. The molecule has 10 rings (SSSR count). The van der Waals surface area contributed by atoms with Gasteiger partial charge in [0.05, 0.1) is 11.1 Å². The van der Waals surface area contributed by atoms with Gasteiger partial charge in [-0.3, -0.25) is 0 Å². The third kappa shape index (κ3) is 15.1. The number of nitrogens with zero attached hydrogens (tertiary/aromatic N) is 6. The second kappa shape index (κ2) is 26.7. The first kappa shape index (κ1) is 65.8. The van der Waals surface area contributed by atoms with Gasteiger partial charge in [0, 0.05) is 40.3 Å². The van der Waals surface area contributed by atoms with Gasteiger partial charge in [0.1, 0.15) is 41.1 Å². The summed E-state index contributed by atoms with van der Waals surface area (Å²) in [4.78, 5) is 28.5. The van der Waals surface area contributed by atoms with Crippen molar-refractivity contribution in [2.75, 3.05) is 0 Å². The molecule has 0 atom stereocenters. The van der Waals surface area contributed by atoms with E-state index in [0.29, 0.717) is 69.2 Å². The smallest absolute Gasteiger partial charge is 0.167 e. The van der Waals surface area contributed by atoms with Crippen LogP contribution in [0.15, 0.2) is 121 Å². The molecule has 8 aromatic carbocycles. The zero-order valence-corrected chi connectivity index (χ0v) is 55.4. The first-order chi connectivity index (χ1) is 41.8. The predicted octanol–water partition coefficient (Wildman–Crippen LogP) is 18.6. The van der Waals surface area contributed by atoms with Gasteiger partial charge in [-0.05, 0) is 231 Å². The summed E-state index contributed by atoms with van der Waals surface area (Å²) in [6.07, 6.45) is 0. The molecule has 2 heterocycles. The summed E-state index contributed by atoms with van der Waals surface area (Å²) in [6.45, 7) is 37.2. The fraction of sp³-hybridized carbons (Fsp3) is 0.289. The molecule has 2 aromatic heterocycles. The van der Waals surface area contributed by atoms with Crippen molar-refractivity contribution in [2.24, 2.45) is 0 Å². The van der Waals surface area contributed by atoms with Gasteiger partial charge in [-0.25, -0.2) is 29.9 Å². The molecule has 0 fully saturated rings. The van der Waals surface area contributed by atoms with Crippen LogP contribution in [-0.4, -0.2) is 55.4 Å². The van der Waals surface area contributed by atoms with E-state index in [1.54, 1.807) is 24.3 Å². The normalized spacial score (nSPS) is 11.4. The van der Waals surface area contributed by atoms with E-state index >= 15 is 0 Å². The Labute approximate surface area is 530 Å². The van der Waals surface area contributed by atoms with Crippen LogP contribution in [-0.2, 0) is 23.3 Å². The second-order valence-electron chi connectivity index (χ2n) is 25.5. The Balaban J connectivity index is 0.000000195. The number of aromatic hydroxyl groups is 5. The standard InChI is InChI=1S/C38H41N3O3.C25H23N3O2.C13H19ClO/c1-21-10-12-27(16-23(21)3)35-39-36(28-13-11-22(2)24(4)17-28)41-37(40-35)30-15-14-29(19-33(30)42)44-20-31-25(5)18-32(38(7,8)9)34(43)26(31)6;1-14-5-7-18(11-16(14)3)23-26-24(19-8-6-15(2)17(4)12-19)28-25(27-23)21-10-9-20(29)13-22(21)30;1-8-6-11(13(3,4)5)12(15)9(2)10(8)7-14/h10-19,42-43H,20H2,1-9H3;5-13,29-30H,1-4H3;6,15H,7H2,1-5H3. The highest BCUT2D eigenvalue weighted by Crippen LogP contribution is 2.40. The van der Waals surface area contributed by atoms with Crippen LogP contribution < -0.4 is 4.74 Å². The molecule has 10 aromatic rings. The van der Waals surface area contributed by atoms with Gasteiger partial charge in [0.25, 0.3) is 0 Å². The first-order valence-corrected chi connectivity index (χ1v) is 30.4. The second-order valence-corrected chi connectivity index (χ2v) is 25.8. The van der Waals surface area contributed by atoms with Crippen molar-refractivity contribution in [2.45, 2.75) is 148 Å². The van der Waals surface area contributed by atoms with Crippen LogP contribution in [0.4, 0.5) is 0 Å². The highest BCUT2D eigenvalue weighted by molar-refractivity contribution is 6.17. The van der Waals surface area contributed by atoms with Crippen LogP contribution in [0.2, 0.25) is 0 Å². The molecule has 0 spiro atoms. The van der Waals surface area contributed by atoms with Crippen LogP contribution in [0.3, 0.4) is 0 Å². The minimum Gasteiger partial charge on any atom is -0.508 e. The monoisotopic (exact) mass is 1210 g/mol. The highest BCUT2D eigenvalue weighted by Gasteiger charge is 2.25. The van der Waals surface area contributed by atoms with E-state index in [1.807, 2.05) is 76.2 Å². The van der Waals surface area contributed by atoms with E-state index in [4.69, 9.17) is 36.3 Å². The average Bonchev–Trinajstić information content (AvgIpc) is 1.21. The molecule has 0 saturated carbocycles. The molecule has 0 saturated heterocycles. The van der Waals surface area contributed by atoms with Gasteiger partial charge in [-0.1, -0.05) is 102 Å². The number of aryl methyl sites for hydroxylation is 10. The van der Waals surface area contributed by atoms with Crippen LogP contribution >= 0.6 is 11.6 Å². The molecular formula is C76H83ClN6O6. The largest absolute Gasteiger partial charge is 0.508 e. The molecule has 12 nitrogen and oxygen atoms in total. The van der Waals surface area contributed by atoms with E-state index < -0.39 is 0 Å². The van der Waals surface area contributed by atoms with Gasteiger partial charge in [0.15, 0.2) is 34.9 Å². The lowest BCUT2D eigenvalue weighted by atomic mass is 9.83. The Kier molecular flexibility index (Phi) is 19.7. The van der Waals surface area contributed by atoms with E-state index in [1.165, 1.54) is 34.4 Å². The average molecular weight is 1210 g/mol. The summed E-state index contributed by atoms with van der Waals surface area (Å²) in [6, 6.07) is 38.1. The fourth-order valence-electron chi connectivity index (χ4n) is 10.3. The minimum atomic E-state index is -0.175. The molecule has 89 heavy (non-hydrogen) atoms. The topological polar surface area (TPSA) is 188 Å². The Hall–Kier alpha value is -9.13. The van der Waals surface area contributed by atoms with Crippen molar-refractivity contribution in [1.82, 2.24) is 29.9 Å². The van der Waals surface area contributed by atoms with Crippen molar-refractivity contribution >= 4 is 11.6 Å². The lowest BCUT2D eigenvalue weighted by molar-refractivity contribution is 0.301.